The Morgan fingerprint density at radius 1 is 0.598 bits per heavy atom. The molecule has 0 saturated carbocycles. The van der Waals surface area contributed by atoms with Crippen molar-refractivity contribution in [3.05, 3.63) is 151 Å². The smallest absolute Gasteiger partial charge is 0.246 e. The van der Waals surface area contributed by atoms with Gasteiger partial charge in [0.05, 0.1) is 47.0 Å². The van der Waals surface area contributed by atoms with E-state index in [1.54, 1.807) is 13.8 Å². The van der Waals surface area contributed by atoms with Gasteiger partial charge in [-0.05, 0) is 80.9 Å². The van der Waals surface area contributed by atoms with Gasteiger partial charge < -0.3 is 50.0 Å². The summed E-state index contributed by atoms with van der Waals surface area (Å²) < 4.78 is 115. The maximum atomic E-state index is 14.4. The first kappa shape index (κ1) is 62.8. The standard InChI is InChI=1S/C53H48Cl4F6N14O10/c1-22-66-52(76(70-22)36-14-26(54)4-6-28(36)56)50-48(44(46(82)38(18-78)86-50)74-16-34(68-72-74)24-10-30(58)42(62)31(59)11-24)84-20-40(80)64-8-3-9-65-41(81)21-85-49-45(75-17-35(69-73-75)25-12-32(60)43(63)33(61)13-25)47(83)39(19-79)87-51(49)53-67-23(2)71-77(53)37-15-27(55)5-7-29(37)57/h4-7,10-17,38-39,44-51,78-79,82-83H,3,8-9,18-21H2,1-2H3,(H,64,80)(H,65,81)/t38-,39+,44+,45-,46+,47-,48-,49+,50-,51+. The molecule has 2 saturated heterocycles. The molecular formula is C53H48Cl4F6N14O10. The molecule has 2 aliphatic rings. The van der Waals surface area contributed by atoms with E-state index >= 15 is 0 Å². The molecule has 2 aliphatic heterocycles. The molecule has 2 amide bonds. The Morgan fingerprint density at radius 3 is 1.34 bits per heavy atom. The lowest BCUT2D eigenvalue weighted by Gasteiger charge is -2.43. The van der Waals surface area contributed by atoms with Gasteiger partial charge in [0.1, 0.15) is 97.2 Å². The third-order valence-electron chi connectivity index (χ3n) is 14.0. The Balaban J connectivity index is 0.849. The van der Waals surface area contributed by atoms with Crippen molar-refractivity contribution in [3.8, 4) is 33.9 Å². The lowest BCUT2D eigenvalue weighted by atomic mass is 9.91. The van der Waals surface area contributed by atoms with Crippen LogP contribution in [-0.2, 0) is 28.5 Å². The fourth-order valence-corrected chi connectivity index (χ4v) is 10.7. The Labute approximate surface area is 507 Å². The van der Waals surface area contributed by atoms with E-state index < -0.39 is 134 Å². The van der Waals surface area contributed by atoms with Gasteiger partial charge in [-0.1, -0.05) is 56.8 Å². The van der Waals surface area contributed by atoms with Gasteiger partial charge in [-0.3, -0.25) is 9.59 Å². The summed E-state index contributed by atoms with van der Waals surface area (Å²) in [5.74, 6) is -10.6. The maximum Gasteiger partial charge on any atom is 0.246 e. The van der Waals surface area contributed by atoms with Crippen molar-refractivity contribution in [2.24, 2.45) is 0 Å². The zero-order valence-corrected chi connectivity index (χ0v) is 48.1. The fraction of sp³-hybridized carbons (Fsp3) is 0.358. The van der Waals surface area contributed by atoms with Crippen LogP contribution in [0.4, 0.5) is 26.3 Å². The van der Waals surface area contributed by atoms with Crippen molar-refractivity contribution in [1.82, 2.24) is 70.2 Å². The minimum atomic E-state index is -1.72. The Bertz CT molecular complexity index is 3560. The summed E-state index contributed by atoms with van der Waals surface area (Å²) in [6, 6.07) is 8.97. The summed E-state index contributed by atoms with van der Waals surface area (Å²) in [6.07, 6.45) is -9.46. The van der Waals surface area contributed by atoms with E-state index in [1.165, 1.54) is 58.2 Å². The second kappa shape index (κ2) is 26.6. The highest BCUT2D eigenvalue weighted by molar-refractivity contribution is 6.35. The van der Waals surface area contributed by atoms with Gasteiger partial charge in [0.2, 0.25) is 11.8 Å². The Hall–Kier alpha value is -7.20. The van der Waals surface area contributed by atoms with Crippen LogP contribution >= 0.6 is 46.4 Å². The molecule has 10 atom stereocenters. The molecule has 87 heavy (non-hydrogen) atoms. The number of nitrogens with one attached hydrogen (secondary N) is 2. The average Bonchev–Trinajstić information content (AvgIpc) is 2.25. The lowest BCUT2D eigenvalue weighted by molar-refractivity contribution is -0.223. The molecule has 8 aromatic rings. The molecule has 10 rings (SSSR count). The van der Waals surface area contributed by atoms with Crippen molar-refractivity contribution in [3.63, 3.8) is 0 Å². The minimum absolute atomic E-state index is 0.00129. The first-order valence-electron chi connectivity index (χ1n) is 26.2. The number of aryl methyl sites for hydroxylation is 2. The monoisotopic (exact) mass is 1290 g/mol. The Morgan fingerprint density at radius 2 is 0.977 bits per heavy atom. The number of carbonyl (C=O) groups excluding carboxylic acids is 2. The largest absolute Gasteiger partial charge is 0.394 e. The fourth-order valence-electron chi connectivity index (χ4n) is 9.97. The summed E-state index contributed by atoms with van der Waals surface area (Å²) in [7, 11) is 0. The maximum absolute atomic E-state index is 14.4. The molecule has 0 unspecified atom stereocenters. The van der Waals surface area contributed by atoms with Crippen LogP contribution in [0.15, 0.2) is 73.1 Å². The van der Waals surface area contributed by atoms with Crippen molar-refractivity contribution < 1.29 is 75.3 Å². The summed E-state index contributed by atoms with van der Waals surface area (Å²) in [4.78, 5) is 36.4. The lowest BCUT2D eigenvalue weighted by Crippen LogP contribution is -2.54. The van der Waals surface area contributed by atoms with E-state index in [1.807, 2.05) is 0 Å². The van der Waals surface area contributed by atoms with E-state index in [-0.39, 0.29) is 96.8 Å². The predicted octanol–water partition coefficient (Wildman–Crippen LogP) is 5.59. The molecule has 0 radical (unpaired) electrons. The van der Waals surface area contributed by atoms with Gasteiger partial charge in [-0.15, -0.1) is 10.2 Å². The van der Waals surface area contributed by atoms with Gasteiger partial charge >= 0.3 is 0 Å². The second-order valence-corrected chi connectivity index (χ2v) is 21.5. The first-order valence-corrected chi connectivity index (χ1v) is 27.7. The number of rotatable bonds is 20. The molecule has 0 bridgehead atoms. The number of aromatic nitrogens is 12. The summed E-state index contributed by atoms with van der Waals surface area (Å²) in [6.45, 7) is -0.0779. The molecule has 6 N–H and O–H groups in total. The molecule has 460 valence electrons. The summed E-state index contributed by atoms with van der Waals surface area (Å²) in [5, 5.41) is 75.9. The van der Waals surface area contributed by atoms with Crippen LogP contribution in [0.3, 0.4) is 0 Å². The number of hydrogen-bond donors (Lipinski definition) is 6. The first-order chi connectivity index (χ1) is 41.6. The summed E-state index contributed by atoms with van der Waals surface area (Å²) >= 11 is 25.9. The third kappa shape index (κ3) is 13.3. The van der Waals surface area contributed by atoms with Crippen molar-refractivity contribution in [1.29, 1.82) is 0 Å². The van der Waals surface area contributed by atoms with Crippen LogP contribution in [0.2, 0.25) is 20.1 Å². The van der Waals surface area contributed by atoms with Gasteiger partial charge in [-0.25, -0.2) is 55.0 Å². The molecule has 4 aromatic carbocycles. The molecule has 0 spiro atoms. The van der Waals surface area contributed by atoms with Crippen LogP contribution in [0.5, 0.6) is 0 Å². The highest BCUT2D eigenvalue weighted by Gasteiger charge is 2.52. The quantitative estimate of drug-likeness (QED) is 0.0308. The number of aliphatic hydroxyl groups is 4. The van der Waals surface area contributed by atoms with E-state index in [0.29, 0.717) is 24.3 Å². The van der Waals surface area contributed by atoms with Gasteiger partial charge in [0, 0.05) is 34.3 Å². The molecule has 4 aromatic heterocycles. The normalized spacial score (nSPS) is 22.2. The highest BCUT2D eigenvalue weighted by atomic mass is 35.5. The average molecular weight is 1300 g/mol. The zero-order valence-electron chi connectivity index (χ0n) is 45.0. The molecule has 2 fully saturated rings. The number of aliphatic hydroxyl groups excluding tert-OH is 4. The van der Waals surface area contributed by atoms with Crippen LogP contribution < -0.4 is 10.6 Å². The highest BCUT2D eigenvalue weighted by Crippen LogP contribution is 2.43. The SMILES string of the molecule is Cc1nc([C@H]2O[C@@H](CO)[C@@H](O)[C@@H](n3cc(-c4cc(F)c(F)c(F)c4)nn3)[C@@H]2OCC(=O)NCCCNC(=O)CO[C@@H]2[C@@H](n3cc(-c4cc(F)c(F)c(F)c4)nn3)[C@@H](O)[C@@H](CO)O[C@H]2c2nc(C)nn2-c2cc(Cl)ccc2Cl)n(-c2cc(Cl)ccc2Cl)n1. The number of ether oxygens (including phenoxy) is 4. The number of halogens is 10. The van der Waals surface area contributed by atoms with Crippen molar-refractivity contribution in [2.75, 3.05) is 39.5 Å². The van der Waals surface area contributed by atoms with Crippen molar-refractivity contribution in [2.45, 2.75) is 81.2 Å². The van der Waals surface area contributed by atoms with E-state index in [9.17, 15) is 56.4 Å². The summed E-state index contributed by atoms with van der Waals surface area (Å²) in [5.41, 5.74) is -0.329. The van der Waals surface area contributed by atoms with Gasteiger partial charge in [-0.2, -0.15) is 10.2 Å². The topological polar surface area (TPSA) is 299 Å². The zero-order chi connectivity index (χ0) is 62.1. The van der Waals surface area contributed by atoms with Gasteiger partial charge in [0.25, 0.3) is 0 Å². The second-order valence-electron chi connectivity index (χ2n) is 19.8. The van der Waals surface area contributed by atoms with Crippen molar-refractivity contribution >= 4 is 58.2 Å². The number of benzene rings is 4. The van der Waals surface area contributed by atoms with E-state index in [4.69, 9.17) is 65.4 Å². The molecule has 6 heterocycles. The minimum Gasteiger partial charge on any atom is -0.394 e. The number of carbonyl (C=O) groups is 2. The van der Waals surface area contributed by atoms with Crippen LogP contribution in [0.1, 0.15) is 54.0 Å². The predicted molar refractivity (Wildman–Crippen MR) is 292 cm³/mol. The molecule has 34 heteroatoms. The molecule has 24 nitrogen and oxygen atoms in total. The number of hydrogen-bond acceptors (Lipinski definition) is 18. The van der Waals surface area contributed by atoms with Crippen LogP contribution in [0, 0.1) is 48.8 Å². The van der Waals surface area contributed by atoms with Crippen LogP contribution in [0.25, 0.3) is 33.9 Å². The third-order valence-corrected chi connectivity index (χ3v) is 15.1. The Kier molecular flexibility index (Phi) is 19.2. The van der Waals surface area contributed by atoms with E-state index in [2.05, 4.69) is 51.4 Å². The van der Waals surface area contributed by atoms with Gasteiger partial charge in [0.15, 0.2) is 46.6 Å². The molecular weight excluding hydrogens is 1250 g/mol. The number of nitrogens with zero attached hydrogens (tertiary/aromatic N) is 12. The number of amides is 2. The molecule has 0 aliphatic carbocycles. The van der Waals surface area contributed by atoms with E-state index in [0.717, 1.165) is 9.36 Å². The van der Waals surface area contributed by atoms with Crippen LogP contribution in [-0.4, -0.2) is 168 Å².